The van der Waals surface area contributed by atoms with E-state index in [1.54, 1.807) is 80.3 Å². The molecule has 0 fully saturated rings. The zero-order valence-corrected chi connectivity index (χ0v) is 67.4. The Bertz CT molecular complexity index is 6260. The highest BCUT2D eigenvalue weighted by molar-refractivity contribution is 6.05. The van der Waals surface area contributed by atoms with E-state index in [0.29, 0.717) is 139 Å². The number of rotatable bonds is 18. The summed E-state index contributed by atoms with van der Waals surface area (Å²) in [4.78, 5) is 44.5. The van der Waals surface area contributed by atoms with Gasteiger partial charge in [-0.3, -0.25) is 23.7 Å². The van der Waals surface area contributed by atoms with Gasteiger partial charge in [-0.05, 0) is 113 Å². The van der Waals surface area contributed by atoms with Crippen molar-refractivity contribution in [2.45, 2.75) is 79.6 Å². The maximum absolute atomic E-state index is 14.6. The lowest BCUT2D eigenvalue weighted by Gasteiger charge is -2.15. The molecule has 0 amide bonds. The van der Waals surface area contributed by atoms with E-state index in [1.165, 1.54) is 36.9 Å². The Hall–Kier alpha value is -14.5. The molecule has 120 heavy (non-hydrogen) atoms. The highest BCUT2D eigenvalue weighted by Gasteiger charge is 2.28. The van der Waals surface area contributed by atoms with Crippen LogP contribution in [-0.2, 0) is 80.1 Å². The summed E-state index contributed by atoms with van der Waals surface area (Å²) >= 11 is 0. The van der Waals surface area contributed by atoms with Crippen LogP contribution in [-0.4, -0.2) is 130 Å². The maximum atomic E-state index is 14.6. The Morgan fingerprint density at radius 1 is 0.350 bits per heavy atom. The number of halogens is 4. The number of nitrogens with one attached hydrogen (secondary N) is 4. The van der Waals surface area contributed by atoms with Crippen LogP contribution in [0.5, 0.6) is 34.8 Å². The number of benzene rings is 4. The molecule has 28 nitrogen and oxygen atoms in total. The topological polar surface area (TPSA) is 304 Å². The predicted octanol–water partition coefficient (Wildman–Crippen LogP) is 14.9. The summed E-state index contributed by atoms with van der Waals surface area (Å²) in [5.74, 6) is 5.39. The summed E-state index contributed by atoms with van der Waals surface area (Å²) < 4.78 is 98.6. The second-order valence-corrected chi connectivity index (χ2v) is 29.1. The first-order valence-corrected chi connectivity index (χ1v) is 38.9. The Balaban J connectivity index is 0.000000114. The van der Waals surface area contributed by atoms with Crippen molar-refractivity contribution in [1.82, 2.24) is 89.0 Å². The van der Waals surface area contributed by atoms with Crippen molar-refractivity contribution in [2.75, 3.05) is 61.9 Å². The van der Waals surface area contributed by atoms with Gasteiger partial charge in [-0.2, -0.15) is 20.4 Å². The monoisotopic (exact) mass is 1620 g/mol. The van der Waals surface area contributed by atoms with Crippen molar-refractivity contribution in [3.05, 3.63) is 238 Å². The Morgan fingerprint density at radius 2 is 0.708 bits per heavy atom. The third kappa shape index (κ3) is 15.2. The molecule has 0 saturated heterocycles. The van der Waals surface area contributed by atoms with Crippen LogP contribution in [0.25, 0.3) is 88.4 Å². The third-order valence-electron chi connectivity index (χ3n) is 21.6. The number of methoxy groups -OCH3 is 2. The summed E-state index contributed by atoms with van der Waals surface area (Å²) in [7, 11) is 10.7. The number of hydrogen-bond acceptors (Lipinski definition) is 24. The minimum absolute atomic E-state index is 0.227. The van der Waals surface area contributed by atoms with Crippen LogP contribution in [0.2, 0.25) is 0 Å². The zero-order chi connectivity index (χ0) is 83.0. The molecule has 4 aromatic carbocycles. The van der Waals surface area contributed by atoms with Crippen molar-refractivity contribution in [3.8, 4) is 79.8 Å². The maximum Gasteiger partial charge on any atom is 0.225 e. The molecule has 0 radical (unpaired) electrons. The number of hydrogen-bond donors (Lipinski definition) is 4. The van der Waals surface area contributed by atoms with Gasteiger partial charge in [-0.25, -0.2) is 62.4 Å². The average Bonchev–Trinajstić information content (AvgIpc) is 1.13. The van der Waals surface area contributed by atoms with Gasteiger partial charge in [0.25, 0.3) is 0 Å². The summed E-state index contributed by atoms with van der Waals surface area (Å²) in [5, 5.41) is 36.0. The fourth-order valence-corrected chi connectivity index (χ4v) is 16.1. The van der Waals surface area contributed by atoms with E-state index in [0.717, 1.165) is 146 Å². The normalized spacial score (nSPS) is 12.7. The second-order valence-electron chi connectivity index (χ2n) is 29.1. The molecule has 4 N–H and O–H groups in total. The fraction of sp³-hybridized carbons (Fsp3) is 0.250. The highest BCUT2D eigenvalue weighted by atomic mass is 19.1. The van der Waals surface area contributed by atoms with Gasteiger partial charge >= 0.3 is 0 Å². The van der Waals surface area contributed by atoms with E-state index in [2.05, 4.69) is 91.5 Å². The summed E-state index contributed by atoms with van der Waals surface area (Å²) in [6.45, 7) is 11.3. The van der Waals surface area contributed by atoms with E-state index in [4.69, 9.17) is 28.4 Å². The first-order valence-electron chi connectivity index (χ1n) is 38.9. The van der Waals surface area contributed by atoms with Crippen molar-refractivity contribution in [3.63, 3.8) is 0 Å². The number of ether oxygens (including phenoxy) is 6. The van der Waals surface area contributed by atoms with Gasteiger partial charge in [0.15, 0.2) is 11.6 Å². The number of aryl methyl sites for hydroxylation is 8. The molecule has 20 rings (SSSR count). The second kappa shape index (κ2) is 33.3. The number of pyridine rings is 6. The lowest BCUT2D eigenvalue weighted by molar-refractivity contribution is 0.356. The minimum atomic E-state index is -0.268. The highest BCUT2D eigenvalue weighted by Crippen LogP contribution is 2.42. The van der Waals surface area contributed by atoms with Crippen LogP contribution in [0.4, 0.5) is 40.8 Å². The van der Waals surface area contributed by atoms with Crippen LogP contribution in [0.3, 0.4) is 0 Å². The Labute approximate surface area is 685 Å². The summed E-state index contributed by atoms with van der Waals surface area (Å²) in [6, 6.07) is 24.4. The lowest BCUT2D eigenvalue weighted by atomic mass is 10.0. The molecule has 0 aliphatic carbocycles. The van der Waals surface area contributed by atoms with Crippen molar-refractivity contribution >= 4 is 66.6 Å². The van der Waals surface area contributed by atoms with E-state index in [9.17, 15) is 17.6 Å². The number of aromatic nitrogens is 18. The molecule has 16 aromatic rings. The first-order chi connectivity index (χ1) is 58.4. The molecule has 0 saturated carbocycles. The van der Waals surface area contributed by atoms with Crippen LogP contribution < -0.4 is 49.7 Å². The van der Waals surface area contributed by atoms with Gasteiger partial charge in [0.2, 0.25) is 11.8 Å². The van der Waals surface area contributed by atoms with Crippen LogP contribution >= 0.6 is 0 Å². The standard InChI is InChI=1S/C23H22FN5O2.C22H21FN6O2.C22H20FN5O.C21H19FN6O/c1-13-10-19(29(2)28-13)17-12-27-22(15-6-8-25-23(30-3)21(15)17)26-11-16-14-7-9-31-20(14)5-4-18(16)24;1-12-8-17(29(2)28-12)15-10-25-21(20-19(15)22(30-3)27-11-26-20)24-9-14-13-6-7-31-18(13)5-4-16(14)23;1-13-9-20(28(2)27-13)18-12-26-22(15-5-7-24-10-16(15)18)25-11-17-14-6-8-29-21(14)4-3-19(17)23;1-12-7-18(28(2)27-12)15-10-25-21(20-16(15)8-23-11-26-20)24-9-14-13-5-6-29-19(13)4-3-17(14)22/h4-6,8,10,12H,7,9,11H2,1-3H3,(H,26,27);4-5,8,10-11H,6-7,9H2,1-3H3,(H,24,25);3-5,7,9-10,12H,6,8,11H2,1-2H3,(H,25,26);3-4,7-8,10-11H,5-6,9H2,1-2H3,(H,24,25). The molecule has 16 heterocycles. The molecule has 0 spiro atoms. The Morgan fingerprint density at radius 3 is 1.14 bits per heavy atom. The summed E-state index contributed by atoms with van der Waals surface area (Å²) in [5.41, 5.74) is 18.3. The molecule has 4 aliphatic rings. The first kappa shape index (κ1) is 78.1. The molecule has 12 aromatic heterocycles. The molecule has 608 valence electrons. The van der Waals surface area contributed by atoms with Crippen molar-refractivity contribution in [1.29, 1.82) is 0 Å². The van der Waals surface area contributed by atoms with Crippen LogP contribution in [0.1, 0.15) is 67.3 Å². The van der Waals surface area contributed by atoms with E-state index in [1.807, 2.05) is 119 Å². The average molecular weight is 1620 g/mol. The molecule has 4 aliphatic heterocycles. The lowest BCUT2D eigenvalue weighted by Crippen LogP contribution is -2.08. The van der Waals surface area contributed by atoms with E-state index < -0.39 is 0 Å². The molecule has 0 unspecified atom stereocenters. The van der Waals surface area contributed by atoms with Gasteiger partial charge in [0.05, 0.1) is 97.0 Å². The molecular formula is C88H82F4N22O6. The van der Waals surface area contributed by atoms with Gasteiger partial charge < -0.3 is 49.7 Å². The third-order valence-corrected chi connectivity index (χ3v) is 21.6. The quantitative estimate of drug-likeness (QED) is 0.0580. The molecule has 0 atom stereocenters. The Kier molecular flexibility index (Phi) is 21.6. The van der Waals surface area contributed by atoms with Crippen molar-refractivity contribution < 1.29 is 46.0 Å². The fourth-order valence-electron chi connectivity index (χ4n) is 16.1. The number of anilines is 4. The largest absolute Gasteiger partial charge is 0.493 e. The molecule has 32 heteroatoms. The number of nitrogens with zero attached hydrogens (tertiary/aromatic N) is 18. The van der Waals surface area contributed by atoms with E-state index in [-0.39, 0.29) is 29.8 Å². The van der Waals surface area contributed by atoms with Gasteiger partial charge in [-0.15, -0.1) is 0 Å². The van der Waals surface area contributed by atoms with Gasteiger partial charge in [0, 0.05) is 218 Å². The summed E-state index contributed by atoms with van der Waals surface area (Å²) in [6.07, 6.45) is 19.9. The molecule has 0 bridgehead atoms. The minimum Gasteiger partial charge on any atom is -0.493 e. The SMILES string of the molecule is COc1nccc2c(NCc3c(F)ccc4c3CCO4)ncc(-c3cc(C)nn3C)c12.COc1ncnc2c(NCc3c(F)ccc4c3CCO4)ncc(-c3cc(C)nn3C)c12.Cc1cc(-c2cnc(NCc3c(F)ccc4c3CCO4)c3ccncc23)n(C)n1.Cc1cc(-c2cnc(NCc3c(F)ccc4c3CCO4)c3ncncc23)n(C)n1. The zero-order valence-electron chi connectivity index (χ0n) is 67.4. The smallest absolute Gasteiger partial charge is 0.225 e. The van der Waals surface area contributed by atoms with Crippen LogP contribution in [0.15, 0.2) is 147 Å². The number of fused-ring (bicyclic) bond motifs is 8. The predicted molar refractivity (Wildman–Crippen MR) is 446 cm³/mol. The van der Waals surface area contributed by atoms with E-state index >= 15 is 0 Å². The van der Waals surface area contributed by atoms with Crippen molar-refractivity contribution in [2.24, 2.45) is 28.2 Å². The van der Waals surface area contributed by atoms with Gasteiger partial charge in [-0.1, -0.05) is 0 Å². The molecular weight excluding hydrogens is 1540 g/mol. The van der Waals surface area contributed by atoms with Crippen LogP contribution in [0, 0.1) is 51.0 Å². The van der Waals surface area contributed by atoms with Gasteiger partial charge in [0.1, 0.15) is 81.6 Å².